The van der Waals surface area contributed by atoms with Crippen molar-refractivity contribution >= 4 is 17.5 Å². The van der Waals surface area contributed by atoms with E-state index in [9.17, 15) is 4.79 Å². The second-order valence-corrected chi connectivity index (χ2v) is 6.90. The number of amides is 1. The van der Waals surface area contributed by atoms with Crippen molar-refractivity contribution in [3.05, 3.63) is 34.9 Å². The highest BCUT2D eigenvalue weighted by atomic mass is 35.5. The fraction of sp³-hybridized carbons (Fsp3) is 0.588. The van der Waals surface area contributed by atoms with E-state index in [2.05, 4.69) is 5.32 Å². The molecule has 0 bridgehead atoms. The molecule has 5 heteroatoms. The van der Waals surface area contributed by atoms with E-state index in [4.69, 9.17) is 16.3 Å². The molecule has 2 heterocycles. The number of piperidine rings is 1. The van der Waals surface area contributed by atoms with Crippen LogP contribution in [0.25, 0.3) is 0 Å². The first-order chi connectivity index (χ1) is 10.6. The zero-order chi connectivity index (χ0) is 15.6. The molecule has 2 saturated heterocycles. The maximum absolute atomic E-state index is 12.8. The van der Waals surface area contributed by atoms with Gasteiger partial charge in [0.15, 0.2) is 0 Å². The Morgan fingerprint density at radius 1 is 1.45 bits per heavy atom. The van der Waals surface area contributed by atoms with E-state index in [0.717, 1.165) is 45.6 Å². The number of carbonyl (C=O) groups excluding carboxylic acids is 1. The van der Waals surface area contributed by atoms with Crippen LogP contribution in [0.2, 0.25) is 5.02 Å². The van der Waals surface area contributed by atoms with Crippen molar-refractivity contribution < 1.29 is 9.53 Å². The Labute approximate surface area is 136 Å². The molecule has 1 aromatic rings. The number of rotatable bonds is 3. The normalized spacial score (nSPS) is 23.9. The predicted molar refractivity (Wildman–Crippen MR) is 87.3 cm³/mol. The first kappa shape index (κ1) is 15.8. The van der Waals surface area contributed by atoms with Gasteiger partial charge in [-0.05, 0) is 49.5 Å². The molecular formula is C17H23ClN2O2. The lowest BCUT2D eigenvalue weighted by Crippen LogP contribution is -2.43. The Kier molecular flexibility index (Phi) is 4.71. The number of ether oxygens (including phenoxy) is 1. The zero-order valence-electron chi connectivity index (χ0n) is 13.0. The van der Waals surface area contributed by atoms with Crippen LogP contribution in [0, 0.1) is 11.3 Å². The standard InChI is InChI=1S/C17H23ClN2O2/c1-22-11-14-10-20(12-17(14)5-7-19-8-6-17)16(21)13-3-2-4-15(18)9-13/h2-4,9,14,19H,5-8,10-12H2,1H3. The highest BCUT2D eigenvalue weighted by molar-refractivity contribution is 6.30. The van der Waals surface area contributed by atoms with E-state index in [1.807, 2.05) is 17.0 Å². The highest BCUT2D eigenvalue weighted by Crippen LogP contribution is 2.43. The molecular weight excluding hydrogens is 300 g/mol. The van der Waals surface area contributed by atoms with Crippen LogP contribution in [0.1, 0.15) is 23.2 Å². The fourth-order valence-electron chi connectivity index (χ4n) is 3.91. The number of nitrogens with zero attached hydrogens (tertiary/aromatic N) is 1. The van der Waals surface area contributed by atoms with E-state index in [-0.39, 0.29) is 11.3 Å². The summed E-state index contributed by atoms with van der Waals surface area (Å²) in [6.45, 7) is 4.38. The topological polar surface area (TPSA) is 41.6 Å². The SMILES string of the molecule is COCC1CN(C(=O)c2cccc(Cl)c2)CC12CCNCC2. The lowest BCUT2D eigenvalue weighted by molar-refractivity contribution is 0.0701. The van der Waals surface area contributed by atoms with E-state index >= 15 is 0 Å². The summed E-state index contributed by atoms with van der Waals surface area (Å²) in [5.74, 6) is 0.502. The lowest BCUT2D eigenvalue weighted by atomic mass is 9.71. The van der Waals surface area contributed by atoms with E-state index in [1.54, 1.807) is 19.2 Å². The minimum Gasteiger partial charge on any atom is -0.384 e. The van der Waals surface area contributed by atoms with Gasteiger partial charge in [0, 0.05) is 36.7 Å². The van der Waals surface area contributed by atoms with E-state index in [0.29, 0.717) is 16.5 Å². The summed E-state index contributed by atoms with van der Waals surface area (Å²) in [6, 6.07) is 7.22. The van der Waals surface area contributed by atoms with Crippen LogP contribution in [0.15, 0.2) is 24.3 Å². The molecule has 1 N–H and O–H groups in total. The molecule has 0 aliphatic carbocycles. The molecule has 2 aliphatic heterocycles. The monoisotopic (exact) mass is 322 g/mol. The number of carbonyl (C=O) groups is 1. The van der Waals surface area contributed by atoms with Gasteiger partial charge in [0.1, 0.15) is 0 Å². The highest BCUT2D eigenvalue weighted by Gasteiger charge is 2.48. The van der Waals surface area contributed by atoms with Crippen molar-refractivity contribution in [1.82, 2.24) is 10.2 Å². The van der Waals surface area contributed by atoms with Gasteiger partial charge in [0.05, 0.1) is 6.61 Å². The average molecular weight is 323 g/mol. The molecule has 0 radical (unpaired) electrons. The fourth-order valence-corrected chi connectivity index (χ4v) is 4.10. The number of hydrogen-bond donors (Lipinski definition) is 1. The van der Waals surface area contributed by atoms with Crippen molar-refractivity contribution in [2.75, 3.05) is 39.9 Å². The van der Waals surface area contributed by atoms with Crippen LogP contribution in [0.3, 0.4) is 0 Å². The smallest absolute Gasteiger partial charge is 0.253 e. The molecule has 1 atom stereocenters. The van der Waals surface area contributed by atoms with Crippen LogP contribution in [-0.4, -0.2) is 50.7 Å². The van der Waals surface area contributed by atoms with Gasteiger partial charge < -0.3 is 15.0 Å². The van der Waals surface area contributed by atoms with Gasteiger partial charge in [-0.25, -0.2) is 0 Å². The molecule has 22 heavy (non-hydrogen) atoms. The third-order valence-corrected chi connectivity index (χ3v) is 5.37. The lowest BCUT2D eigenvalue weighted by Gasteiger charge is -2.38. The van der Waals surface area contributed by atoms with Gasteiger partial charge in [-0.2, -0.15) is 0 Å². The second-order valence-electron chi connectivity index (χ2n) is 6.46. The summed E-state index contributed by atoms with van der Waals surface area (Å²) in [6.07, 6.45) is 2.22. The van der Waals surface area contributed by atoms with Crippen LogP contribution in [0.5, 0.6) is 0 Å². The average Bonchev–Trinajstić information content (AvgIpc) is 2.86. The van der Waals surface area contributed by atoms with Gasteiger partial charge in [0.2, 0.25) is 0 Å². The van der Waals surface area contributed by atoms with Gasteiger partial charge in [-0.3, -0.25) is 4.79 Å². The van der Waals surface area contributed by atoms with Gasteiger partial charge in [0.25, 0.3) is 5.91 Å². The summed E-state index contributed by atoms with van der Waals surface area (Å²) in [7, 11) is 1.75. The summed E-state index contributed by atoms with van der Waals surface area (Å²) in [5.41, 5.74) is 0.879. The summed E-state index contributed by atoms with van der Waals surface area (Å²) in [5, 5.41) is 4.03. The Hall–Kier alpha value is -1.10. The van der Waals surface area contributed by atoms with E-state index < -0.39 is 0 Å². The maximum Gasteiger partial charge on any atom is 0.253 e. The third-order valence-electron chi connectivity index (χ3n) is 5.14. The third kappa shape index (κ3) is 3.00. The van der Waals surface area contributed by atoms with Crippen LogP contribution in [0.4, 0.5) is 0 Å². The Morgan fingerprint density at radius 3 is 2.91 bits per heavy atom. The number of likely N-dealkylation sites (tertiary alicyclic amines) is 1. The molecule has 1 unspecified atom stereocenters. The number of methoxy groups -OCH3 is 1. The molecule has 120 valence electrons. The summed E-state index contributed by atoms with van der Waals surface area (Å²) in [4.78, 5) is 14.8. The van der Waals surface area contributed by atoms with Crippen molar-refractivity contribution in [3.8, 4) is 0 Å². The molecule has 0 saturated carbocycles. The first-order valence-electron chi connectivity index (χ1n) is 7.89. The maximum atomic E-state index is 12.8. The van der Waals surface area contributed by atoms with Gasteiger partial charge in [-0.15, -0.1) is 0 Å². The molecule has 1 spiro atoms. The minimum atomic E-state index is 0.0824. The van der Waals surface area contributed by atoms with Crippen LogP contribution in [-0.2, 0) is 4.74 Å². The predicted octanol–water partition coefficient (Wildman–Crippen LogP) is 2.43. The van der Waals surface area contributed by atoms with Crippen LogP contribution < -0.4 is 5.32 Å². The second kappa shape index (κ2) is 6.57. The van der Waals surface area contributed by atoms with Gasteiger partial charge in [-0.1, -0.05) is 17.7 Å². The van der Waals surface area contributed by atoms with E-state index in [1.165, 1.54) is 0 Å². The Balaban J connectivity index is 1.79. The molecule has 4 nitrogen and oxygen atoms in total. The molecule has 2 fully saturated rings. The van der Waals surface area contributed by atoms with Gasteiger partial charge >= 0.3 is 0 Å². The number of hydrogen-bond acceptors (Lipinski definition) is 3. The van der Waals surface area contributed by atoms with Crippen LogP contribution >= 0.6 is 11.6 Å². The van der Waals surface area contributed by atoms with Crippen molar-refractivity contribution in [2.24, 2.45) is 11.3 Å². The molecule has 3 rings (SSSR count). The number of halogens is 1. The minimum absolute atomic E-state index is 0.0824. The summed E-state index contributed by atoms with van der Waals surface area (Å²) >= 11 is 6.02. The van der Waals surface area contributed by atoms with Crippen molar-refractivity contribution in [2.45, 2.75) is 12.8 Å². The Morgan fingerprint density at radius 2 is 2.23 bits per heavy atom. The van der Waals surface area contributed by atoms with Crippen molar-refractivity contribution in [3.63, 3.8) is 0 Å². The molecule has 1 aromatic carbocycles. The molecule has 1 amide bonds. The van der Waals surface area contributed by atoms with Crippen molar-refractivity contribution in [1.29, 1.82) is 0 Å². The molecule has 0 aromatic heterocycles. The number of nitrogens with one attached hydrogen (secondary N) is 1. The first-order valence-corrected chi connectivity index (χ1v) is 8.27. The quantitative estimate of drug-likeness (QED) is 0.929. The Bertz CT molecular complexity index is 543. The number of benzene rings is 1. The molecule has 2 aliphatic rings. The summed E-state index contributed by atoms with van der Waals surface area (Å²) < 4.78 is 5.43. The zero-order valence-corrected chi connectivity index (χ0v) is 13.7. The largest absolute Gasteiger partial charge is 0.384 e.